The maximum Gasteiger partial charge on any atom is 0.416 e. The SMILES string of the molecule is O=C(CNC(=O)C1CC(=O)N(c2cccc(C(F)(F)F)c2)C1)NC1CCCCC1. The lowest BCUT2D eigenvalue weighted by Gasteiger charge is -2.23. The Bertz CT molecular complexity index is 776. The molecule has 0 spiro atoms. The zero-order chi connectivity index (χ0) is 21.0. The second kappa shape index (κ2) is 8.84. The van der Waals surface area contributed by atoms with Crippen molar-refractivity contribution in [2.24, 2.45) is 5.92 Å². The highest BCUT2D eigenvalue weighted by molar-refractivity contribution is 6.00. The largest absolute Gasteiger partial charge is 0.416 e. The minimum absolute atomic E-state index is 0.0176. The summed E-state index contributed by atoms with van der Waals surface area (Å²) in [5.41, 5.74) is -0.745. The average molecular weight is 411 g/mol. The fourth-order valence-electron chi connectivity index (χ4n) is 3.82. The molecule has 158 valence electrons. The lowest BCUT2D eigenvalue weighted by molar-refractivity contribution is -0.137. The predicted octanol–water partition coefficient (Wildman–Crippen LogP) is 2.62. The predicted molar refractivity (Wildman–Crippen MR) is 99.9 cm³/mol. The topological polar surface area (TPSA) is 78.5 Å². The summed E-state index contributed by atoms with van der Waals surface area (Å²) in [5.74, 6) is -1.86. The third-order valence-corrected chi connectivity index (χ3v) is 5.37. The highest BCUT2D eigenvalue weighted by atomic mass is 19.4. The Kier molecular flexibility index (Phi) is 6.44. The monoisotopic (exact) mass is 411 g/mol. The van der Waals surface area contributed by atoms with Crippen LogP contribution >= 0.6 is 0 Å². The summed E-state index contributed by atoms with van der Waals surface area (Å²) >= 11 is 0. The molecule has 6 nitrogen and oxygen atoms in total. The number of carbonyl (C=O) groups excluding carboxylic acids is 3. The lowest BCUT2D eigenvalue weighted by atomic mass is 9.95. The van der Waals surface area contributed by atoms with Gasteiger partial charge in [0.05, 0.1) is 18.0 Å². The van der Waals surface area contributed by atoms with Gasteiger partial charge in [0.2, 0.25) is 17.7 Å². The van der Waals surface area contributed by atoms with Gasteiger partial charge >= 0.3 is 6.18 Å². The molecule has 0 bridgehead atoms. The summed E-state index contributed by atoms with van der Waals surface area (Å²) in [4.78, 5) is 37.8. The fraction of sp³-hybridized carbons (Fsp3) is 0.550. The number of hydrogen-bond donors (Lipinski definition) is 2. The molecule has 1 aliphatic carbocycles. The lowest BCUT2D eigenvalue weighted by Crippen LogP contribution is -2.44. The summed E-state index contributed by atoms with van der Waals surface area (Å²) in [6.07, 6.45) is 0.569. The van der Waals surface area contributed by atoms with E-state index in [9.17, 15) is 27.6 Å². The Hall–Kier alpha value is -2.58. The Labute approximate surface area is 166 Å². The number of carbonyl (C=O) groups is 3. The molecule has 1 atom stereocenters. The highest BCUT2D eigenvalue weighted by Crippen LogP contribution is 2.33. The van der Waals surface area contributed by atoms with Gasteiger partial charge in [-0.1, -0.05) is 25.3 Å². The first kappa shape index (κ1) is 21.1. The molecule has 3 amide bonds. The van der Waals surface area contributed by atoms with Crippen LogP contribution in [0.4, 0.5) is 18.9 Å². The quantitative estimate of drug-likeness (QED) is 0.782. The molecule has 1 aromatic rings. The van der Waals surface area contributed by atoms with Crippen molar-refractivity contribution in [3.63, 3.8) is 0 Å². The molecule has 3 rings (SSSR count). The fourth-order valence-corrected chi connectivity index (χ4v) is 3.82. The van der Waals surface area contributed by atoms with Crippen molar-refractivity contribution in [1.82, 2.24) is 10.6 Å². The summed E-state index contributed by atoms with van der Waals surface area (Å²) < 4.78 is 38.7. The van der Waals surface area contributed by atoms with Gasteiger partial charge in [-0.2, -0.15) is 13.2 Å². The Morgan fingerprint density at radius 2 is 1.86 bits per heavy atom. The molecular weight excluding hydrogens is 387 g/mol. The van der Waals surface area contributed by atoms with Crippen LogP contribution < -0.4 is 15.5 Å². The molecule has 1 aromatic carbocycles. The van der Waals surface area contributed by atoms with Gasteiger partial charge in [0.25, 0.3) is 0 Å². The third kappa shape index (κ3) is 5.48. The van der Waals surface area contributed by atoms with Crippen molar-refractivity contribution in [2.75, 3.05) is 18.0 Å². The number of halogens is 3. The number of anilines is 1. The first-order chi connectivity index (χ1) is 13.7. The van der Waals surface area contributed by atoms with Crippen molar-refractivity contribution in [3.05, 3.63) is 29.8 Å². The number of rotatable bonds is 5. The molecule has 1 unspecified atom stereocenters. The van der Waals surface area contributed by atoms with Crippen LogP contribution in [0.25, 0.3) is 0 Å². The second-order valence-electron chi connectivity index (χ2n) is 7.57. The standard InChI is InChI=1S/C20H24F3N3O3/c21-20(22,23)14-5-4-8-16(10-14)26-12-13(9-18(26)28)19(29)24-11-17(27)25-15-6-2-1-3-7-15/h4-5,8,10,13,15H,1-3,6-7,9,11-12H2,(H,24,29)(H,25,27). The van der Waals surface area contributed by atoms with Gasteiger partial charge in [0, 0.05) is 24.7 Å². The van der Waals surface area contributed by atoms with Gasteiger partial charge in [-0.15, -0.1) is 0 Å². The van der Waals surface area contributed by atoms with E-state index in [0.717, 1.165) is 37.8 Å². The molecule has 2 fully saturated rings. The van der Waals surface area contributed by atoms with E-state index < -0.39 is 29.5 Å². The highest BCUT2D eigenvalue weighted by Gasteiger charge is 2.37. The molecular formula is C20H24F3N3O3. The molecule has 0 aromatic heterocycles. The smallest absolute Gasteiger partial charge is 0.352 e. The van der Waals surface area contributed by atoms with E-state index in [-0.39, 0.29) is 37.1 Å². The normalized spacial score (nSPS) is 20.6. The molecule has 1 saturated carbocycles. The van der Waals surface area contributed by atoms with E-state index in [2.05, 4.69) is 10.6 Å². The Balaban J connectivity index is 1.53. The minimum atomic E-state index is -4.51. The van der Waals surface area contributed by atoms with Crippen LogP contribution in [0.1, 0.15) is 44.1 Å². The summed E-state index contributed by atoms with van der Waals surface area (Å²) in [6.45, 7) is -0.195. The van der Waals surface area contributed by atoms with Crippen LogP contribution in [0.3, 0.4) is 0 Å². The van der Waals surface area contributed by atoms with Crippen molar-refractivity contribution < 1.29 is 27.6 Å². The molecule has 9 heteroatoms. The summed E-state index contributed by atoms with van der Waals surface area (Å²) in [5, 5.41) is 5.42. The van der Waals surface area contributed by atoms with Crippen LogP contribution in [0.2, 0.25) is 0 Å². The number of nitrogens with one attached hydrogen (secondary N) is 2. The third-order valence-electron chi connectivity index (χ3n) is 5.37. The van der Waals surface area contributed by atoms with Crippen molar-refractivity contribution in [3.8, 4) is 0 Å². The van der Waals surface area contributed by atoms with Gasteiger partial charge in [-0.3, -0.25) is 14.4 Å². The van der Waals surface area contributed by atoms with Gasteiger partial charge in [0.1, 0.15) is 0 Å². The summed E-state index contributed by atoms with van der Waals surface area (Å²) in [6, 6.07) is 4.60. The molecule has 1 aliphatic heterocycles. The number of benzene rings is 1. The molecule has 1 saturated heterocycles. The van der Waals surface area contributed by atoms with E-state index in [1.807, 2.05) is 0 Å². The van der Waals surface area contributed by atoms with E-state index in [0.29, 0.717) is 0 Å². The Morgan fingerprint density at radius 1 is 1.14 bits per heavy atom. The molecule has 2 aliphatic rings. The van der Waals surface area contributed by atoms with Crippen LogP contribution in [0.15, 0.2) is 24.3 Å². The zero-order valence-corrected chi connectivity index (χ0v) is 15.9. The van der Waals surface area contributed by atoms with Crippen LogP contribution in [-0.2, 0) is 20.6 Å². The molecule has 2 N–H and O–H groups in total. The Morgan fingerprint density at radius 3 is 2.55 bits per heavy atom. The second-order valence-corrected chi connectivity index (χ2v) is 7.57. The van der Waals surface area contributed by atoms with Crippen LogP contribution in [0, 0.1) is 5.92 Å². The molecule has 29 heavy (non-hydrogen) atoms. The summed E-state index contributed by atoms with van der Waals surface area (Å²) in [7, 11) is 0. The number of hydrogen-bond acceptors (Lipinski definition) is 3. The van der Waals surface area contributed by atoms with Gasteiger partial charge in [-0.25, -0.2) is 0 Å². The first-order valence-corrected chi connectivity index (χ1v) is 9.79. The first-order valence-electron chi connectivity index (χ1n) is 9.79. The van der Waals surface area contributed by atoms with Crippen LogP contribution in [0.5, 0.6) is 0 Å². The van der Waals surface area contributed by atoms with Crippen molar-refractivity contribution >= 4 is 23.4 Å². The molecule has 1 heterocycles. The van der Waals surface area contributed by atoms with Crippen molar-refractivity contribution in [2.45, 2.75) is 50.7 Å². The van der Waals surface area contributed by atoms with Gasteiger partial charge in [-0.05, 0) is 31.0 Å². The zero-order valence-electron chi connectivity index (χ0n) is 15.9. The molecule has 0 radical (unpaired) electrons. The number of nitrogens with zero attached hydrogens (tertiary/aromatic N) is 1. The number of alkyl halides is 3. The van der Waals surface area contributed by atoms with E-state index in [1.165, 1.54) is 23.5 Å². The van der Waals surface area contributed by atoms with Crippen molar-refractivity contribution in [1.29, 1.82) is 0 Å². The van der Waals surface area contributed by atoms with E-state index in [1.54, 1.807) is 0 Å². The van der Waals surface area contributed by atoms with E-state index in [4.69, 9.17) is 0 Å². The van der Waals surface area contributed by atoms with Gasteiger partial charge < -0.3 is 15.5 Å². The van der Waals surface area contributed by atoms with Gasteiger partial charge in [0.15, 0.2) is 0 Å². The van der Waals surface area contributed by atoms with Crippen LogP contribution in [-0.4, -0.2) is 36.9 Å². The average Bonchev–Trinajstić information content (AvgIpc) is 3.08. The maximum absolute atomic E-state index is 12.9. The minimum Gasteiger partial charge on any atom is -0.352 e. The van der Waals surface area contributed by atoms with E-state index >= 15 is 0 Å². The number of amides is 3. The maximum atomic E-state index is 12.9.